The first-order chi connectivity index (χ1) is 14.3. The second-order valence-electron chi connectivity index (χ2n) is 7.70. The van der Waals surface area contributed by atoms with Gasteiger partial charge in [0.25, 0.3) is 0 Å². The Morgan fingerprint density at radius 3 is 2.73 bits per heavy atom. The van der Waals surface area contributed by atoms with Crippen LogP contribution < -0.4 is 5.32 Å². The molecule has 2 aliphatic rings. The molecule has 6 nitrogen and oxygen atoms in total. The Balaban J connectivity index is 1.48. The topological polar surface area (TPSA) is 83.6 Å². The number of anilines is 1. The van der Waals surface area contributed by atoms with E-state index >= 15 is 0 Å². The summed E-state index contributed by atoms with van der Waals surface area (Å²) in [5.41, 5.74) is 2.88. The summed E-state index contributed by atoms with van der Waals surface area (Å²) in [7, 11) is -3.70. The maximum atomic E-state index is 13.1. The third-order valence-corrected chi connectivity index (χ3v) is 8.83. The number of nitrogens with zero attached hydrogens (tertiary/aromatic N) is 1. The van der Waals surface area contributed by atoms with Crippen LogP contribution in [0.5, 0.6) is 0 Å². The van der Waals surface area contributed by atoms with Gasteiger partial charge in [-0.1, -0.05) is 24.3 Å². The third-order valence-electron chi connectivity index (χ3n) is 5.62. The highest BCUT2D eigenvalue weighted by Crippen LogP contribution is 2.34. The highest BCUT2D eigenvalue weighted by molar-refractivity contribution is 7.99. The molecule has 0 aromatic heterocycles. The number of hydrogen-bond donors (Lipinski definition) is 1. The highest BCUT2D eigenvalue weighted by atomic mass is 32.2. The van der Waals surface area contributed by atoms with Crippen LogP contribution in [0.3, 0.4) is 0 Å². The van der Waals surface area contributed by atoms with Gasteiger partial charge in [0, 0.05) is 36.6 Å². The summed E-state index contributed by atoms with van der Waals surface area (Å²) >= 11 is 1.53. The summed E-state index contributed by atoms with van der Waals surface area (Å²) in [4.78, 5) is 27.4. The molecule has 2 heterocycles. The molecule has 0 spiro atoms. The fourth-order valence-corrected chi connectivity index (χ4v) is 6.11. The van der Waals surface area contributed by atoms with Gasteiger partial charge in [0.05, 0.1) is 15.8 Å². The number of thioether (sulfide) groups is 1. The van der Waals surface area contributed by atoms with E-state index in [1.165, 1.54) is 23.4 Å². The molecular weight excluding hydrogens is 420 g/mol. The van der Waals surface area contributed by atoms with Crippen LogP contribution in [0.15, 0.2) is 52.3 Å². The summed E-state index contributed by atoms with van der Waals surface area (Å²) in [6, 6.07) is 12.8. The number of nitrogens with one attached hydrogen (secondary N) is 1. The summed E-state index contributed by atoms with van der Waals surface area (Å²) in [6.07, 6.45) is 1.11. The van der Waals surface area contributed by atoms with Crippen LogP contribution in [0.4, 0.5) is 5.69 Å². The lowest BCUT2D eigenvalue weighted by molar-refractivity contribution is -0.132. The predicted molar refractivity (Wildman–Crippen MR) is 117 cm³/mol. The number of hydrogen-bond acceptors (Lipinski definition) is 5. The minimum atomic E-state index is -3.70. The van der Waals surface area contributed by atoms with Crippen molar-refractivity contribution in [3.05, 3.63) is 53.6 Å². The largest absolute Gasteiger partial charge is 0.338 e. The van der Waals surface area contributed by atoms with E-state index in [1.54, 1.807) is 24.0 Å². The molecule has 8 heteroatoms. The smallest absolute Gasteiger partial charge is 0.225 e. The molecular formula is C22H24N2O4S2. The van der Waals surface area contributed by atoms with Crippen molar-refractivity contribution in [1.29, 1.82) is 0 Å². The van der Waals surface area contributed by atoms with Crippen LogP contribution in [0.25, 0.3) is 0 Å². The van der Waals surface area contributed by atoms with Crippen molar-refractivity contribution in [2.75, 3.05) is 17.6 Å². The van der Waals surface area contributed by atoms with Crippen LogP contribution in [0.2, 0.25) is 0 Å². The van der Waals surface area contributed by atoms with Crippen LogP contribution in [0.1, 0.15) is 30.9 Å². The maximum absolute atomic E-state index is 13.1. The molecule has 1 N–H and O–H groups in total. The maximum Gasteiger partial charge on any atom is 0.225 e. The van der Waals surface area contributed by atoms with E-state index in [1.807, 2.05) is 18.2 Å². The van der Waals surface area contributed by atoms with E-state index in [9.17, 15) is 18.0 Å². The van der Waals surface area contributed by atoms with E-state index < -0.39 is 15.1 Å². The van der Waals surface area contributed by atoms with Crippen molar-refractivity contribution in [3.8, 4) is 0 Å². The zero-order chi connectivity index (χ0) is 21.3. The lowest BCUT2D eigenvalue weighted by Gasteiger charge is -2.29. The molecule has 0 saturated heterocycles. The monoisotopic (exact) mass is 444 g/mol. The van der Waals surface area contributed by atoms with Crippen molar-refractivity contribution < 1.29 is 18.0 Å². The molecule has 30 heavy (non-hydrogen) atoms. The van der Waals surface area contributed by atoms with Crippen LogP contribution in [-0.4, -0.2) is 42.7 Å². The van der Waals surface area contributed by atoms with Gasteiger partial charge >= 0.3 is 0 Å². The van der Waals surface area contributed by atoms with Crippen molar-refractivity contribution in [2.45, 2.75) is 47.8 Å². The zero-order valence-electron chi connectivity index (χ0n) is 16.8. The highest BCUT2D eigenvalue weighted by Gasteiger charge is 2.30. The average molecular weight is 445 g/mol. The molecule has 158 valence electrons. The van der Waals surface area contributed by atoms with Gasteiger partial charge in [-0.15, -0.1) is 11.8 Å². The number of rotatable bonds is 4. The molecule has 2 aliphatic heterocycles. The summed E-state index contributed by atoms with van der Waals surface area (Å²) in [5, 5.41) is 1.92. The van der Waals surface area contributed by atoms with Crippen molar-refractivity contribution in [1.82, 2.24) is 4.90 Å². The zero-order valence-corrected chi connectivity index (χ0v) is 18.4. The van der Waals surface area contributed by atoms with Gasteiger partial charge in [0.1, 0.15) is 0 Å². The summed E-state index contributed by atoms with van der Waals surface area (Å²) < 4.78 is 26.2. The van der Waals surface area contributed by atoms with E-state index in [0.29, 0.717) is 31.0 Å². The van der Waals surface area contributed by atoms with E-state index in [2.05, 4.69) is 11.4 Å². The van der Waals surface area contributed by atoms with Crippen molar-refractivity contribution in [2.24, 2.45) is 0 Å². The molecule has 0 aliphatic carbocycles. The SMILES string of the molecule is CC(CC(=O)N1CCc2ccccc2C1)S(=O)(=O)c1ccc2c(c1)NC(=O)CCS2. The lowest BCUT2D eigenvalue weighted by Crippen LogP contribution is -2.38. The van der Waals surface area contributed by atoms with Gasteiger partial charge in [-0.25, -0.2) is 8.42 Å². The number of fused-ring (bicyclic) bond motifs is 2. The Morgan fingerprint density at radius 1 is 1.17 bits per heavy atom. The first-order valence-electron chi connectivity index (χ1n) is 10.00. The molecule has 2 aromatic rings. The third kappa shape index (κ3) is 4.25. The van der Waals surface area contributed by atoms with Crippen LogP contribution in [-0.2, 0) is 32.4 Å². The van der Waals surface area contributed by atoms with Gasteiger partial charge < -0.3 is 10.2 Å². The molecule has 2 amide bonds. The normalized spacial score (nSPS) is 17.4. The van der Waals surface area contributed by atoms with Gasteiger partial charge in [0.2, 0.25) is 11.8 Å². The van der Waals surface area contributed by atoms with E-state index in [-0.39, 0.29) is 23.1 Å². The summed E-state index contributed by atoms with van der Waals surface area (Å²) in [6.45, 7) is 2.69. The molecule has 1 unspecified atom stereocenters. The van der Waals surface area contributed by atoms with Crippen molar-refractivity contribution in [3.63, 3.8) is 0 Å². The Labute approximate surface area is 181 Å². The predicted octanol–water partition coefficient (Wildman–Crippen LogP) is 3.26. The Kier molecular flexibility index (Phi) is 5.88. The van der Waals surface area contributed by atoms with Crippen LogP contribution in [0, 0.1) is 0 Å². The number of amides is 2. The van der Waals surface area contributed by atoms with Gasteiger partial charge in [-0.05, 0) is 42.7 Å². The van der Waals surface area contributed by atoms with Crippen molar-refractivity contribution >= 4 is 39.1 Å². The second-order valence-corrected chi connectivity index (χ2v) is 11.2. The van der Waals surface area contributed by atoms with Gasteiger partial charge in [-0.3, -0.25) is 9.59 Å². The lowest BCUT2D eigenvalue weighted by atomic mass is 10.00. The van der Waals surface area contributed by atoms with E-state index in [4.69, 9.17) is 0 Å². The number of benzene rings is 2. The minimum Gasteiger partial charge on any atom is -0.338 e. The number of sulfone groups is 1. The number of carbonyl (C=O) groups excluding carboxylic acids is 2. The Bertz CT molecular complexity index is 1100. The summed E-state index contributed by atoms with van der Waals surface area (Å²) in [5.74, 6) is 0.387. The average Bonchev–Trinajstić information content (AvgIpc) is 2.93. The quantitative estimate of drug-likeness (QED) is 0.783. The first-order valence-corrected chi connectivity index (χ1v) is 12.5. The Morgan fingerprint density at radius 2 is 1.93 bits per heavy atom. The van der Waals surface area contributed by atoms with Gasteiger partial charge in [-0.2, -0.15) is 0 Å². The molecule has 0 saturated carbocycles. The first kappa shape index (κ1) is 20.9. The van der Waals surface area contributed by atoms with Crippen LogP contribution >= 0.6 is 11.8 Å². The van der Waals surface area contributed by atoms with Gasteiger partial charge in [0.15, 0.2) is 9.84 Å². The molecule has 4 rings (SSSR count). The van der Waals surface area contributed by atoms with E-state index in [0.717, 1.165) is 16.9 Å². The molecule has 1 atom stereocenters. The molecule has 2 aromatic carbocycles. The fraction of sp³-hybridized carbons (Fsp3) is 0.364. The molecule has 0 radical (unpaired) electrons. The fourth-order valence-electron chi connectivity index (χ4n) is 3.80. The number of carbonyl (C=O) groups is 2. The molecule has 0 bridgehead atoms. The Hall–Kier alpha value is -2.32. The minimum absolute atomic E-state index is 0.0668. The standard InChI is InChI=1S/C22H24N2O4S2/c1-15(12-22(26)24-10-8-16-4-2-3-5-17(16)14-24)30(27,28)18-6-7-20-19(13-18)23-21(25)9-11-29-20/h2-7,13,15H,8-12,14H2,1H3,(H,23,25). The second kappa shape index (κ2) is 8.43. The molecule has 0 fully saturated rings.